The Morgan fingerprint density at radius 1 is 0.848 bits per heavy atom. The van der Waals surface area contributed by atoms with E-state index in [-0.39, 0.29) is 5.97 Å². The Bertz CT molecular complexity index is 1420. The van der Waals surface area contributed by atoms with Crippen molar-refractivity contribution in [1.29, 1.82) is 0 Å². The number of H-pyrrole nitrogens is 1. The number of carbonyl (C=O) groups excluding carboxylic acids is 1. The maximum atomic E-state index is 11.1. The van der Waals surface area contributed by atoms with E-state index in [9.17, 15) is 4.79 Å². The van der Waals surface area contributed by atoms with Crippen molar-refractivity contribution in [3.8, 4) is 28.3 Å². The van der Waals surface area contributed by atoms with Crippen LogP contribution < -0.4 is 4.74 Å². The van der Waals surface area contributed by atoms with E-state index >= 15 is 0 Å². The van der Waals surface area contributed by atoms with E-state index < -0.39 is 0 Å². The molecule has 0 bridgehead atoms. The minimum absolute atomic E-state index is 0.326. The fraction of sp³-hybridized carbons (Fsp3) is 0.0357. The summed E-state index contributed by atoms with van der Waals surface area (Å²) in [5, 5.41) is 0. The molecule has 5 nitrogen and oxygen atoms in total. The summed E-state index contributed by atoms with van der Waals surface area (Å²) in [5.41, 5.74) is 6.85. The fourth-order valence-electron chi connectivity index (χ4n) is 3.65. The van der Waals surface area contributed by atoms with Crippen LogP contribution in [0, 0.1) is 0 Å². The number of aliphatic imine (C=N–C) groups is 1. The van der Waals surface area contributed by atoms with Gasteiger partial charge in [-0.2, -0.15) is 0 Å². The lowest BCUT2D eigenvalue weighted by atomic mass is 10.0. The standard InChI is InChI=1S/C28H21N3O2/c1-19(32)33-23-16-14-22(15-17-23)21-12-10-20(11-13-21)18-29-25-7-3-2-6-24(25)28-30-26-8-4-5-9-27(26)31-28/h2-18H,1H3,(H,30,31). The van der Waals surface area contributed by atoms with Crippen LogP contribution in [0.15, 0.2) is 102 Å². The van der Waals surface area contributed by atoms with Crippen LogP contribution in [0.4, 0.5) is 5.69 Å². The molecule has 1 aromatic heterocycles. The van der Waals surface area contributed by atoms with E-state index in [1.807, 2.05) is 91.1 Å². The number of benzene rings is 4. The number of hydrogen-bond donors (Lipinski definition) is 1. The number of para-hydroxylation sites is 3. The predicted octanol–water partition coefficient (Wildman–Crippen LogP) is 6.57. The van der Waals surface area contributed by atoms with Gasteiger partial charge < -0.3 is 9.72 Å². The molecule has 5 heteroatoms. The highest BCUT2D eigenvalue weighted by molar-refractivity contribution is 5.87. The second kappa shape index (κ2) is 8.93. The van der Waals surface area contributed by atoms with Crippen molar-refractivity contribution >= 4 is 28.9 Å². The maximum Gasteiger partial charge on any atom is 0.308 e. The van der Waals surface area contributed by atoms with Gasteiger partial charge in [-0.25, -0.2) is 4.98 Å². The van der Waals surface area contributed by atoms with Crippen LogP contribution >= 0.6 is 0 Å². The third kappa shape index (κ3) is 4.57. The van der Waals surface area contributed by atoms with E-state index in [0.29, 0.717) is 5.75 Å². The molecule has 0 unspecified atom stereocenters. The molecule has 0 aliphatic carbocycles. The number of aromatic amines is 1. The van der Waals surface area contributed by atoms with Gasteiger partial charge in [-0.05, 0) is 53.1 Å². The summed E-state index contributed by atoms with van der Waals surface area (Å²) in [5.74, 6) is 1.02. The van der Waals surface area contributed by atoms with Gasteiger partial charge >= 0.3 is 5.97 Å². The van der Waals surface area contributed by atoms with Gasteiger partial charge in [-0.3, -0.25) is 9.79 Å². The molecule has 4 aromatic carbocycles. The second-order valence-electron chi connectivity index (χ2n) is 7.62. The molecule has 5 aromatic rings. The number of nitrogens with one attached hydrogen (secondary N) is 1. The van der Waals surface area contributed by atoms with Crippen LogP contribution in [0.3, 0.4) is 0 Å². The first-order valence-corrected chi connectivity index (χ1v) is 10.6. The average molecular weight is 431 g/mol. The van der Waals surface area contributed by atoms with Crippen LogP contribution in [0.2, 0.25) is 0 Å². The Labute approximate surface area is 191 Å². The van der Waals surface area contributed by atoms with Crippen molar-refractivity contribution in [2.45, 2.75) is 6.92 Å². The van der Waals surface area contributed by atoms with Gasteiger partial charge in [0.1, 0.15) is 11.6 Å². The first-order valence-electron chi connectivity index (χ1n) is 10.6. The third-order valence-corrected chi connectivity index (χ3v) is 5.26. The highest BCUT2D eigenvalue weighted by Crippen LogP contribution is 2.30. The molecule has 0 amide bonds. The Balaban J connectivity index is 1.36. The number of imidazole rings is 1. The Kier molecular flexibility index (Phi) is 5.52. The zero-order valence-electron chi connectivity index (χ0n) is 18.0. The molecule has 0 saturated carbocycles. The summed E-state index contributed by atoms with van der Waals surface area (Å²) in [6, 6.07) is 31.6. The van der Waals surface area contributed by atoms with Crippen LogP contribution in [0.25, 0.3) is 33.5 Å². The molecule has 0 radical (unpaired) electrons. The van der Waals surface area contributed by atoms with Crippen LogP contribution in [0.1, 0.15) is 12.5 Å². The summed E-state index contributed by atoms with van der Waals surface area (Å²) in [6.07, 6.45) is 1.86. The van der Waals surface area contributed by atoms with E-state index in [4.69, 9.17) is 14.7 Å². The van der Waals surface area contributed by atoms with Crippen molar-refractivity contribution in [3.05, 3.63) is 103 Å². The zero-order chi connectivity index (χ0) is 22.6. The smallest absolute Gasteiger partial charge is 0.308 e. The number of hydrogen-bond acceptors (Lipinski definition) is 4. The lowest BCUT2D eigenvalue weighted by molar-refractivity contribution is -0.131. The van der Waals surface area contributed by atoms with Crippen molar-refractivity contribution in [1.82, 2.24) is 9.97 Å². The van der Waals surface area contributed by atoms with Crippen LogP contribution in [-0.2, 0) is 4.79 Å². The average Bonchev–Trinajstić information content (AvgIpc) is 3.28. The van der Waals surface area contributed by atoms with Gasteiger partial charge in [0.2, 0.25) is 0 Å². The number of aromatic nitrogens is 2. The predicted molar refractivity (Wildman–Crippen MR) is 132 cm³/mol. The van der Waals surface area contributed by atoms with Crippen molar-refractivity contribution in [2.24, 2.45) is 4.99 Å². The molecule has 0 atom stereocenters. The lowest BCUT2D eigenvalue weighted by Gasteiger charge is -2.05. The van der Waals surface area contributed by atoms with E-state index in [0.717, 1.165) is 44.8 Å². The largest absolute Gasteiger partial charge is 0.427 e. The summed E-state index contributed by atoms with van der Waals surface area (Å²) < 4.78 is 5.09. The number of nitrogens with zero attached hydrogens (tertiary/aromatic N) is 2. The first-order chi connectivity index (χ1) is 16.2. The molecular weight excluding hydrogens is 410 g/mol. The van der Waals surface area contributed by atoms with E-state index in [1.54, 1.807) is 12.1 Å². The molecule has 0 aliphatic heterocycles. The number of carbonyl (C=O) groups is 1. The fourth-order valence-corrected chi connectivity index (χ4v) is 3.65. The molecule has 160 valence electrons. The molecule has 0 saturated heterocycles. The monoisotopic (exact) mass is 431 g/mol. The van der Waals surface area contributed by atoms with E-state index in [2.05, 4.69) is 4.98 Å². The topological polar surface area (TPSA) is 67.3 Å². The molecule has 5 rings (SSSR count). The molecule has 0 spiro atoms. The molecule has 0 aliphatic rings. The highest BCUT2D eigenvalue weighted by atomic mass is 16.5. The second-order valence-corrected chi connectivity index (χ2v) is 7.62. The quantitative estimate of drug-likeness (QED) is 0.194. The van der Waals surface area contributed by atoms with Gasteiger partial charge in [0.25, 0.3) is 0 Å². The number of ether oxygens (including phenoxy) is 1. The zero-order valence-corrected chi connectivity index (χ0v) is 18.0. The summed E-state index contributed by atoms with van der Waals surface area (Å²) in [6.45, 7) is 1.39. The van der Waals surface area contributed by atoms with Gasteiger partial charge in [-0.1, -0.05) is 60.7 Å². The van der Waals surface area contributed by atoms with Gasteiger partial charge in [-0.15, -0.1) is 0 Å². The maximum absolute atomic E-state index is 11.1. The van der Waals surface area contributed by atoms with Crippen molar-refractivity contribution < 1.29 is 9.53 Å². The summed E-state index contributed by atoms with van der Waals surface area (Å²) in [4.78, 5) is 23.9. The minimum atomic E-state index is -0.326. The molecule has 1 heterocycles. The molecule has 33 heavy (non-hydrogen) atoms. The minimum Gasteiger partial charge on any atom is -0.427 e. The van der Waals surface area contributed by atoms with Gasteiger partial charge in [0.15, 0.2) is 0 Å². The molecule has 1 N–H and O–H groups in total. The Hall–Kier alpha value is -4.51. The number of esters is 1. The van der Waals surface area contributed by atoms with Gasteiger partial charge in [0.05, 0.1) is 16.7 Å². The summed E-state index contributed by atoms with van der Waals surface area (Å²) in [7, 11) is 0. The normalized spacial score (nSPS) is 11.2. The lowest BCUT2D eigenvalue weighted by Crippen LogP contribution is -2.00. The summed E-state index contributed by atoms with van der Waals surface area (Å²) >= 11 is 0. The Morgan fingerprint density at radius 2 is 1.52 bits per heavy atom. The highest BCUT2D eigenvalue weighted by Gasteiger charge is 2.08. The number of rotatable bonds is 5. The van der Waals surface area contributed by atoms with Crippen molar-refractivity contribution in [3.63, 3.8) is 0 Å². The molecule has 0 fully saturated rings. The van der Waals surface area contributed by atoms with E-state index in [1.165, 1.54) is 6.92 Å². The first kappa shape index (κ1) is 20.4. The SMILES string of the molecule is CC(=O)Oc1ccc(-c2ccc(C=Nc3ccccc3-c3nc4ccccc4[nH]3)cc2)cc1. The molecular formula is C28H21N3O2. The van der Waals surface area contributed by atoms with Crippen LogP contribution in [0.5, 0.6) is 5.75 Å². The van der Waals surface area contributed by atoms with Crippen molar-refractivity contribution in [2.75, 3.05) is 0 Å². The van der Waals surface area contributed by atoms with Gasteiger partial charge in [0, 0.05) is 18.7 Å². The Morgan fingerprint density at radius 3 is 2.24 bits per heavy atom. The van der Waals surface area contributed by atoms with Crippen LogP contribution in [-0.4, -0.2) is 22.2 Å². The number of fused-ring (bicyclic) bond motifs is 1. The third-order valence-electron chi connectivity index (χ3n) is 5.26.